The second kappa shape index (κ2) is 6.86. The average Bonchev–Trinajstić information content (AvgIpc) is 2.59. The smallest absolute Gasteiger partial charge is 0.292 e. The second-order valence-electron chi connectivity index (χ2n) is 4.99. The minimum Gasteiger partial charge on any atom is -0.378 e. The molecule has 0 aliphatic carbocycles. The Morgan fingerprint density at radius 2 is 1.83 bits per heavy atom. The first kappa shape index (κ1) is 15.6. The van der Waals surface area contributed by atoms with Crippen molar-refractivity contribution in [2.45, 2.75) is 0 Å². The van der Waals surface area contributed by atoms with Gasteiger partial charge in [0.2, 0.25) is 0 Å². The number of nitro benzene ring substituents is 1. The van der Waals surface area contributed by atoms with Crippen molar-refractivity contribution in [3.63, 3.8) is 0 Å². The zero-order valence-corrected chi connectivity index (χ0v) is 12.6. The van der Waals surface area contributed by atoms with Crippen LogP contribution < -0.4 is 10.6 Å². The van der Waals surface area contributed by atoms with Crippen LogP contribution in [0.3, 0.4) is 0 Å². The Morgan fingerprint density at radius 1 is 1.04 bits per heavy atom. The number of benzene rings is 2. The van der Waals surface area contributed by atoms with Gasteiger partial charge in [0.15, 0.2) is 0 Å². The Bertz CT molecular complexity index is 887. The Labute approximate surface area is 136 Å². The van der Waals surface area contributed by atoms with E-state index in [1.54, 1.807) is 30.3 Å². The predicted octanol–water partition coefficient (Wildman–Crippen LogP) is 3.20. The molecule has 0 fully saturated rings. The van der Waals surface area contributed by atoms with E-state index >= 15 is 0 Å². The molecule has 0 unspecified atom stereocenters. The Balaban J connectivity index is 1.66. The highest BCUT2D eigenvalue weighted by Crippen LogP contribution is 2.23. The number of nitrogens with one attached hydrogen (secondary N) is 2. The van der Waals surface area contributed by atoms with Gasteiger partial charge in [-0.2, -0.15) is 0 Å². The van der Waals surface area contributed by atoms with Crippen LogP contribution in [0.4, 0.5) is 21.6 Å². The number of fused-ring (bicyclic) bond motifs is 1. The average molecular weight is 327 g/mol. The third-order valence-electron chi connectivity index (χ3n) is 3.45. The molecule has 0 amide bonds. The number of hydrogen-bond acceptors (Lipinski definition) is 6. The van der Waals surface area contributed by atoms with Gasteiger partial charge in [0, 0.05) is 24.5 Å². The zero-order chi connectivity index (χ0) is 16.9. The van der Waals surface area contributed by atoms with Gasteiger partial charge in [-0.05, 0) is 18.2 Å². The highest BCUT2D eigenvalue weighted by atomic mass is 19.1. The summed E-state index contributed by atoms with van der Waals surface area (Å²) in [6.45, 7) is 0.889. The van der Waals surface area contributed by atoms with Crippen LogP contribution in [0.1, 0.15) is 0 Å². The van der Waals surface area contributed by atoms with E-state index in [0.29, 0.717) is 30.0 Å². The number of hydrogen-bond donors (Lipinski definition) is 2. The molecule has 0 bridgehead atoms. The Hall–Kier alpha value is -3.29. The number of para-hydroxylation sites is 3. The van der Waals surface area contributed by atoms with Crippen molar-refractivity contribution in [3.05, 3.63) is 64.7 Å². The molecule has 0 saturated carbocycles. The van der Waals surface area contributed by atoms with Gasteiger partial charge in [0.05, 0.1) is 4.92 Å². The van der Waals surface area contributed by atoms with Crippen LogP contribution in [-0.4, -0.2) is 28.0 Å². The maximum atomic E-state index is 13.7. The first-order valence-corrected chi connectivity index (χ1v) is 7.27. The summed E-state index contributed by atoms with van der Waals surface area (Å²) in [4.78, 5) is 18.6. The Kier molecular flexibility index (Phi) is 4.46. The monoisotopic (exact) mass is 327 g/mol. The standard InChI is InChI=1S/C16H14FN5O2/c17-12-5-3-4-11-15(12)20-10-21-16(11)19-9-8-18-13-6-1-2-7-14(13)22(23)24/h1-7,10,18H,8-9H2,(H,19,20,21). The third-order valence-corrected chi connectivity index (χ3v) is 3.45. The van der Waals surface area contributed by atoms with Gasteiger partial charge in [-0.25, -0.2) is 14.4 Å². The minimum atomic E-state index is -0.434. The maximum absolute atomic E-state index is 13.7. The molecule has 2 aromatic carbocycles. The van der Waals surface area contributed by atoms with E-state index in [1.165, 1.54) is 18.5 Å². The molecular formula is C16H14FN5O2. The van der Waals surface area contributed by atoms with Crippen LogP contribution in [0.15, 0.2) is 48.8 Å². The fourth-order valence-corrected chi connectivity index (χ4v) is 2.35. The predicted molar refractivity (Wildman–Crippen MR) is 89.6 cm³/mol. The lowest BCUT2D eigenvalue weighted by molar-refractivity contribution is -0.384. The van der Waals surface area contributed by atoms with Crippen LogP contribution in [0.5, 0.6) is 0 Å². The number of aromatic nitrogens is 2. The highest BCUT2D eigenvalue weighted by Gasteiger charge is 2.11. The summed E-state index contributed by atoms with van der Waals surface area (Å²) in [5.41, 5.74) is 0.719. The number of nitro groups is 1. The van der Waals surface area contributed by atoms with Gasteiger partial charge < -0.3 is 10.6 Å². The van der Waals surface area contributed by atoms with Gasteiger partial charge in [-0.15, -0.1) is 0 Å². The van der Waals surface area contributed by atoms with Gasteiger partial charge >= 0.3 is 0 Å². The largest absolute Gasteiger partial charge is 0.378 e. The first-order chi connectivity index (χ1) is 11.7. The molecule has 3 aromatic rings. The molecule has 8 heteroatoms. The van der Waals surface area contributed by atoms with Crippen molar-refractivity contribution in [1.82, 2.24) is 9.97 Å². The molecule has 122 valence electrons. The molecule has 0 aliphatic heterocycles. The molecule has 7 nitrogen and oxygen atoms in total. The summed E-state index contributed by atoms with van der Waals surface area (Å²) in [5.74, 6) is 0.111. The van der Waals surface area contributed by atoms with Gasteiger partial charge in [-0.3, -0.25) is 10.1 Å². The van der Waals surface area contributed by atoms with Gasteiger partial charge in [-0.1, -0.05) is 18.2 Å². The van der Waals surface area contributed by atoms with Crippen LogP contribution in [0.2, 0.25) is 0 Å². The number of anilines is 2. The van der Waals surface area contributed by atoms with Crippen molar-refractivity contribution < 1.29 is 9.31 Å². The van der Waals surface area contributed by atoms with E-state index in [9.17, 15) is 14.5 Å². The molecule has 0 atom stereocenters. The lowest BCUT2D eigenvalue weighted by atomic mass is 10.2. The van der Waals surface area contributed by atoms with Crippen molar-refractivity contribution >= 4 is 28.1 Å². The van der Waals surface area contributed by atoms with Crippen LogP contribution in [0.25, 0.3) is 10.9 Å². The minimum absolute atomic E-state index is 0.0204. The molecule has 1 heterocycles. The lowest BCUT2D eigenvalue weighted by Gasteiger charge is -2.10. The molecule has 0 saturated heterocycles. The summed E-state index contributed by atoms with van der Waals surface area (Å²) >= 11 is 0. The summed E-state index contributed by atoms with van der Waals surface area (Å²) in [6, 6.07) is 11.1. The fourth-order valence-electron chi connectivity index (χ4n) is 2.35. The van der Waals surface area contributed by atoms with E-state index in [0.717, 1.165) is 0 Å². The molecule has 0 radical (unpaired) electrons. The van der Waals surface area contributed by atoms with Crippen LogP contribution in [-0.2, 0) is 0 Å². The number of nitrogens with zero attached hydrogens (tertiary/aromatic N) is 3. The van der Waals surface area contributed by atoms with Crippen LogP contribution >= 0.6 is 0 Å². The second-order valence-corrected chi connectivity index (χ2v) is 4.99. The number of halogens is 1. The molecule has 2 N–H and O–H groups in total. The molecule has 0 spiro atoms. The van der Waals surface area contributed by atoms with E-state index in [2.05, 4.69) is 20.6 Å². The van der Waals surface area contributed by atoms with E-state index < -0.39 is 10.7 Å². The van der Waals surface area contributed by atoms with E-state index in [4.69, 9.17) is 0 Å². The van der Waals surface area contributed by atoms with Crippen molar-refractivity contribution in [2.24, 2.45) is 0 Å². The molecule has 24 heavy (non-hydrogen) atoms. The van der Waals surface area contributed by atoms with Gasteiger partial charge in [0.1, 0.15) is 29.2 Å². The molecular weight excluding hydrogens is 313 g/mol. The van der Waals surface area contributed by atoms with Crippen molar-refractivity contribution in [1.29, 1.82) is 0 Å². The summed E-state index contributed by atoms with van der Waals surface area (Å²) in [5, 5.41) is 17.6. The van der Waals surface area contributed by atoms with Crippen LogP contribution in [0, 0.1) is 15.9 Å². The van der Waals surface area contributed by atoms with Crippen molar-refractivity contribution in [3.8, 4) is 0 Å². The summed E-state index contributed by atoms with van der Waals surface area (Å²) in [7, 11) is 0. The summed E-state index contributed by atoms with van der Waals surface area (Å²) < 4.78 is 13.7. The summed E-state index contributed by atoms with van der Waals surface area (Å²) in [6.07, 6.45) is 1.29. The quantitative estimate of drug-likeness (QED) is 0.410. The number of rotatable bonds is 6. The van der Waals surface area contributed by atoms with Gasteiger partial charge in [0.25, 0.3) is 5.69 Å². The van der Waals surface area contributed by atoms with Crippen molar-refractivity contribution in [2.75, 3.05) is 23.7 Å². The topological polar surface area (TPSA) is 93.0 Å². The van der Waals surface area contributed by atoms with E-state index in [-0.39, 0.29) is 11.2 Å². The molecule has 0 aliphatic rings. The molecule has 3 rings (SSSR count). The SMILES string of the molecule is O=[N+]([O-])c1ccccc1NCCNc1ncnc2c(F)cccc12. The Morgan fingerprint density at radius 3 is 2.67 bits per heavy atom. The first-order valence-electron chi connectivity index (χ1n) is 7.27. The normalized spacial score (nSPS) is 10.5. The lowest BCUT2D eigenvalue weighted by Crippen LogP contribution is -2.15. The fraction of sp³-hybridized carbons (Fsp3) is 0.125. The maximum Gasteiger partial charge on any atom is 0.292 e. The highest BCUT2D eigenvalue weighted by molar-refractivity contribution is 5.89. The van der Waals surface area contributed by atoms with E-state index in [1.807, 2.05) is 0 Å². The molecule has 1 aromatic heterocycles. The third kappa shape index (κ3) is 3.22. The zero-order valence-electron chi connectivity index (χ0n) is 12.6.